The minimum Gasteiger partial charge on any atom is -0.362 e. The molecule has 2 aromatic heterocycles. The Hall–Kier alpha value is -3.19. The van der Waals surface area contributed by atoms with Crippen molar-refractivity contribution in [1.29, 1.82) is 0 Å². The van der Waals surface area contributed by atoms with Crippen LogP contribution in [0.4, 0.5) is 5.69 Å². The van der Waals surface area contributed by atoms with Crippen molar-refractivity contribution in [2.45, 2.75) is 37.9 Å². The highest BCUT2D eigenvalue weighted by Gasteiger charge is 2.40. The Bertz CT molecular complexity index is 1080. The van der Waals surface area contributed by atoms with Gasteiger partial charge < -0.3 is 9.80 Å². The monoisotopic (exact) mass is 428 g/mol. The van der Waals surface area contributed by atoms with Crippen LogP contribution < -0.4 is 4.90 Å². The smallest absolute Gasteiger partial charge is 0.237 e. The second kappa shape index (κ2) is 8.06. The summed E-state index contributed by atoms with van der Waals surface area (Å²) in [4.78, 5) is 24.4. The van der Waals surface area contributed by atoms with Crippen molar-refractivity contribution in [2.24, 2.45) is 0 Å². The predicted octanol–water partition coefficient (Wildman–Crippen LogP) is 2.51. The van der Waals surface area contributed by atoms with Crippen LogP contribution in [-0.4, -0.2) is 68.7 Å². The van der Waals surface area contributed by atoms with Gasteiger partial charge in [0, 0.05) is 62.6 Å². The van der Waals surface area contributed by atoms with Gasteiger partial charge >= 0.3 is 0 Å². The summed E-state index contributed by atoms with van der Waals surface area (Å²) in [6.45, 7) is 3.81. The number of para-hydroxylation sites is 1. The number of pyridine rings is 1. The van der Waals surface area contributed by atoms with Crippen molar-refractivity contribution in [1.82, 2.24) is 24.6 Å². The van der Waals surface area contributed by atoms with E-state index in [0.717, 1.165) is 43.0 Å². The molecule has 3 aliphatic heterocycles. The Morgan fingerprint density at radius 3 is 2.53 bits per heavy atom. The van der Waals surface area contributed by atoms with E-state index in [1.54, 1.807) is 0 Å². The fraction of sp³-hybridized carbons (Fsp3) is 0.400. The fourth-order valence-electron chi connectivity index (χ4n) is 5.58. The van der Waals surface area contributed by atoms with Crippen LogP contribution in [0.3, 0.4) is 0 Å². The van der Waals surface area contributed by atoms with E-state index in [1.165, 1.54) is 18.5 Å². The molecule has 0 saturated carbocycles. The zero-order valence-corrected chi connectivity index (χ0v) is 18.2. The summed E-state index contributed by atoms with van der Waals surface area (Å²) in [6, 6.07) is 15.3. The number of fused-ring (bicyclic) bond motifs is 3. The van der Waals surface area contributed by atoms with Crippen LogP contribution in [0.5, 0.6) is 0 Å². The summed E-state index contributed by atoms with van der Waals surface area (Å²) in [5.41, 5.74) is 4.54. The first-order valence-electron chi connectivity index (χ1n) is 11.6. The molecule has 0 N–H and O–H groups in total. The van der Waals surface area contributed by atoms with Gasteiger partial charge in [-0.2, -0.15) is 5.10 Å². The van der Waals surface area contributed by atoms with Crippen LogP contribution >= 0.6 is 0 Å². The fourth-order valence-corrected chi connectivity index (χ4v) is 5.58. The first-order valence-corrected chi connectivity index (χ1v) is 11.6. The van der Waals surface area contributed by atoms with E-state index in [2.05, 4.69) is 39.2 Å². The Balaban J connectivity index is 1.10. The summed E-state index contributed by atoms with van der Waals surface area (Å²) in [5.74, 6) is 0.234. The molecule has 6 rings (SSSR count). The molecule has 0 spiro atoms. The highest BCUT2D eigenvalue weighted by molar-refractivity contribution is 5.78. The zero-order chi connectivity index (χ0) is 21.5. The number of hydrogen-bond donors (Lipinski definition) is 0. The molecule has 3 aromatic rings. The van der Waals surface area contributed by atoms with Gasteiger partial charge in [0.05, 0.1) is 29.8 Å². The van der Waals surface area contributed by atoms with E-state index in [4.69, 9.17) is 5.10 Å². The maximum absolute atomic E-state index is 13.2. The number of amides is 1. The van der Waals surface area contributed by atoms with Crippen LogP contribution in [0.25, 0.3) is 5.69 Å². The Morgan fingerprint density at radius 2 is 1.78 bits per heavy atom. The molecule has 0 radical (unpaired) electrons. The molecule has 2 bridgehead atoms. The number of anilines is 1. The van der Waals surface area contributed by atoms with E-state index in [0.29, 0.717) is 25.2 Å². The summed E-state index contributed by atoms with van der Waals surface area (Å²) in [7, 11) is 0. The molecular formula is C25H28N6O. The van der Waals surface area contributed by atoms with Crippen LogP contribution in [-0.2, 0) is 17.8 Å². The lowest BCUT2D eigenvalue weighted by atomic mass is 10.1. The highest BCUT2D eigenvalue weighted by Crippen LogP contribution is 2.34. The van der Waals surface area contributed by atoms with Gasteiger partial charge in [-0.1, -0.05) is 18.2 Å². The number of likely N-dealkylation sites (tertiary alicyclic amines) is 1. The summed E-state index contributed by atoms with van der Waals surface area (Å²) >= 11 is 0. The van der Waals surface area contributed by atoms with Crippen LogP contribution in [0.15, 0.2) is 61.1 Å². The zero-order valence-electron chi connectivity index (χ0n) is 18.2. The number of nitrogens with zero attached hydrogens (tertiary/aromatic N) is 6. The molecule has 2 saturated heterocycles. The van der Waals surface area contributed by atoms with E-state index in [1.807, 2.05) is 46.2 Å². The molecule has 1 amide bonds. The summed E-state index contributed by atoms with van der Waals surface area (Å²) < 4.78 is 1.94. The molecule has 7 heteroatoms. The second-order valence-corrected chi connectivity index (χ2v) is 9.14. The van der Waals surface area contributed by atoms with Crippen molar-refractivity contribution >= 4 is 11.6 Å². The first kappa shape index (κ1) is 19.5. The minimum absolute atomic E-state index is 0.234. The molecule has 3 aliphatic rings. The lowest BCUT2D eigenvalue weighted by Gasteiger charge is -2.42. The molecule has 1 aromatic carbocycles. The topological polar surface area (TPSA) is 57.5 Å². The van der Waals surface area contributed by atoms with Gasteiger partial charge in [-0.05, 0) is 37.1 Å². The molecule has 7 nitrogen and oxygen atoms in total. The largest absolute Gasteiger partial charge is 0.362 e. The lowest BCUT2D eigenvalue weighted by molar-refractivity contribution is -0.133. The summed E-state index contributed by atoms with van der Waals surface area (Å²) in [5, 5.41) is 4.75. The van der Waals surface area contributed by atoms with E-state index >= 15 is 0 Å². The third-order valence-electron chi connectivity index (χ3n) is 7.09. The summed E-state index contributed by atoms with van der Waals surface area (Å²) in [6.07, 6.45) is 9.07. The van der Waals surface area contributed by atoms with Gasteiger partial charge in [0.1, 0.15) is 0 Å². The number of carbonyl (C=O) groups excluding carboxylic acids is 1. The molecule has 164 valence electrons. The average molecular weight is 429 g/mol. The Morgan fingerprint density at radius 1 is 1.00 bits per heavy atom. The van der Waals surface area contributed by atoms with Crippen LogP contribution in [0, 0.1) is 0 Å². The standard InChI is InChI=1S/C25H28N6O/c32-25(18-28-16-22-8-9-23(17-28)31(22)21-7-4-11-26-13-21)29-12-10-24-19(14-29)15-30(27-24)20-5-2-1-3-6-20/h1-7,11,13,15,22-23H,8-10,12,14,16-18H2. The second-order valence-electron chi connectivity index (χ2n) is 9.14. The third-order valence-corrected chi connectivity index (χ3v) is 7.09. The van der Waals surface area contributed by atoms with Crippen molar-refractivity contribution in [3.8, 4) is 5.69 Å². The van der Waals surface area contributed by atoms with E-state index < -0.39 is 0 Å². The lowest BCUT2D eigenvalue weighted by Crippen LogP contribution is -2.56. The van der Waals surface area contributed by atoms with E-state index in [-0.39, 0.29) is 5.91 Å². The van der Waals surface area contributed by atoms with Gasteiger partial charge in [0.25, 0.3) is 0 Å². The van der Waals surface area contributed by atoms with Gasteiger partial charge in [-0.25, -0.2) is 4.68 Å². The number of aromatic nitrogens is 3. The molecule has 2 unspecified atom stereocenters. The van der Waals surface area contributed by atoms with Crippen molar-refractivity contribution in [2.75, 3.05) is 31.1 Å². The first-order chi connectivity index (χ1) is 15.7. The minimum atomic E-state index is 0.234. The molecular weight excluding hydrogens is 400 g/mol. The number of hydrogen-bond acceptors (Lipinski definition) is 5. The van der Waals surface area contributed by atoms with Crippen LogP contribution in [0.1, 0.15) is 24.1 Å². The number of rotatable bonds is 4. The maximum atomic E-state index is 13.2. The molecule has 2 fully saturated rings. The molecule has 5 heterocycles. The highest BCUT2D eigenvalue weighted by atomic mass is 16.2. The van der Waals surface area contributed by atoms with Crippen molar-refractivity contribution in [3.63, 3.8) is 0 Å². The van der Waals surface area contributed by atoms with Gasteiger partial charge in [0.15, 0.2) is 0 Å². The number of benzene rings is 1. The quantitative estimate of drug-likeness (QED) is 0.639. The van der Waals surface area contributed by atoms with Crippen molar-refractivity contribution in [3.05, 3.63) is 72.3 Å². The maximum Gasteiger partial charge on any atom is 0.237 e. The number of carbonyl (C=O) groups is 1. The van der Waals surface area contributed by atoms with Crippen molar-refractivity contribution < 1.29 is 4.79 Å². The van der Waals surface area contributed by atoms with Gasteiger partial charge in [-0.15, -0.1) is 0 Å². The Kier molecular flexibility index (Phi) is 4.91. The van der Waals surface area contributed by atoms with Gasteiger partial charge in [0.2, 0.25) is 5.91 Å². The molecule has 0 aliphatic carbocycles. The third kappa shape index (κ3) is 3.56. The molecule has 32 heavy (non-hydrogen) atoms. The molecule has 2 atom stereocenters. The average Bonchev–Trinajstić information content (AvgIpc) is 3.38. The Labute approximate surface area is 188 Å². The number of piperazine rings is 1. The van der Waals surface area contributed by atoms with E-state index in [9.17, 15) is 4.79 Å². The normalized spacial score (nSPS) is 22.8. The predicted molar refractivity (Wildman–Crippen MR) is 123 cm³/mol. The SMILES string of the molecule is O=C(CN1CC2CCC(C1)N2c1cccnc1)N1CCc2nn(-c3ccccc3)cc2C1. The van der Waals surface area contributed by atoms with Gasteiger partial charge in [-0.3, -0.25) is 14.7 Å². The van der Waals surface area contributed by atoms with Crippen LogP contribution in [0.2, 0.25) is 0 Å².